The normalized spacial score (nSPS) is 13.6. The van der Waals surface area contributed by atoms with E-state index in [-0.39, 0.29) is 11.9 Å². The molecule has 4 heterocycles. The minimum atomic E-state index is -0.833. The molecule has 0 aliphatic carbocycles. The number of carboxylic acids is 1. The fourth-order valence-corrected chi connectivity index (χ4v) is 4.38. The molecule has 34 heavy (non-hydrogen) atoms. The largest absolute Gasteiger partial charge is 0.481 e. The molecule has 0 spiro atoms. The summed E-state index contributed by atoms with van der Waals surface area (Å²) < 4.78 is 13.1. The molecule has 184 valence electrons. The fourth-order valence-electron chi connectivity index (χ4n) is 3.43. The Labute approximate surface area is 201 Å². The van der Waals surface area contributed by atoms with Crippen molar-refractivity contribution in [1.82, 2.24) is 24.7 Å². The Bertz CT molecular complexity index is 1160. The van der Waals surface area contributed by atoms with Crippen LogP contribution in [0.25, 0.3) is 10.2 Å². The molecule has 0 bridgehead atoms. The first kappa shape index (κ1) is 25.3. The van der Waals surface area contributed by atoms with E-state index in [0.29, 0.717) is 25.8 Å². The van der Waals surface area contributed by atoms with Gasteiger partial charge in [-0.2, -0.15) is 9.97 Å². The number of aromatic nitrogens is 5. The number of hydrogen-bond acceptors (Lipinski definition) is 10. The number of thiophene rings is 1. The Morgan fingerprint density at radius 1 is 1.21 bits per heavy atom. The van der Waals surface area contributed by atoms with Crippen LogP contribution in [0.15, 0.2) is 6.07 Å². The predicted molar refractivity (Wildman–Crippen MR) is 127 cm³/mol. The first-order chi connectivity index (χ1) is 16.2. The summed E-state index contributed by atoms with van der Waals surface area (Å²) in [5.41, 5.74) is 0. The minimum absolute atomic E-state index is 0.0442. The zero-order chi connectivity index (χ0) is 24.8. The van der Waals surface area contributed by atoms with Gasteiger partial charge in [-0.05, 0) is 19.4 Å². The number of carboxylic acid groups (broad SMARTS) is 1. The van der Waals surface area contributed by atoms with E-state index in [1.807, 2.05) is 13.8 Å². The van der Waals surface area contributed by atoms with E-state index in [2.05, 4.69) is 37.6 Å². The Morgan fingerprint density at radius 2 is 1.94 bits per heavy atom. The number of carbonyl (C=O) groups excluding carboxylic acids is 1. The minimum Gasteiger partial charge on any atom is -0.481 e. The molecule has 3 aromatic heterocycles. The number of fused-ring (bicyclic) bond motifs is 2. The Balaban J connectivity index is 0.000000751. The summed E-state index contributed by atoms with van der Waals surface area (Å²) in [6.45, 7) is 11.5. The van der Waals surface area contributed by atoms with Gasteiger partial charge in [-0.1, -0.05) is 13.8 Å². The van der Waals surface area contributed by atoms with Gasteiger partial charge in [0.15, 0.2) is 5.82 Å². The highest BCUT2D eigenvalue weighted by atomic mass is 32.1. The molecule has 0 radical (unpaired) electrons. The number of nitrogens with zero attached hydrogens (tertiary/aromatic N) is 6. The molecule has 11 nitrogen and oxygen atoms in total. The highest BCUT2D eigenvalue weighted by Gasteiger charge is 2.24. The highest BCUT2D eigenvalue weighted by Crippen LogP contribution is 2.34. The first-order valence-electron chi connectivity index (χ1n) is 11.1. The van der Waals surface area contributed by atoms with Crippen molar-refractivity contribution in [3.05, 3.63) is 22.6 Å². The van der Waals surface area contributed by atoms with Crippen LogP contribution < -0.4 is 9.64 Å². The summed E-state index contributed by atoms with van der Waals surface area (Å²) in [4.78, 5) is 33.8. The third kappa shape index (κ3) is 6.40. The maximum Gasteiger partial charge on any atom is 0.319 e. The van der Waals surface area contributed by atoms with Crippen molar-refractivity contribution in [3.63, 3.8) is 0 Å². The number of carbonyl (C=O) groups is 2. The van der Waals surface area contributed by atoms with Gasteiger partial charge in [0.25, 0.3) is 5.97 Å². The highest BCUT2D eigenvalue weighted by molar-refractivity contribution is 7.18. The van der Waals surface area contributed by atoms with Crippen molar-refractivity contribution in [1.29, 1.82) is 0 Å². The van der Waals surface area contributed by atoms with Gasteiger partial charge in [0, 0.05) is 37.7 Å². The van der Waals surface area contributed by atoms with Crippen LogP contribution in [0.2, 0.25) is 0 Å². The molecular weight excluding hydrogens is 460 g/mol. The van der Waals surface area contributed by atoms with Crippen molar-refractivity contribution in [2.24, 2.45) is 5.92 Å². The smallest absolute Gasteiger partial charge is 0.319 e. The van der Waals surface area contributed by atoms with Gasteiger partial charge in [-0.25, -0.2) is 0 Å². The van der Waals surface area contributed by atoms with Crippen LogP contribution in [0.5, 0.6) is 6.01 Å². The lowest BCUT2D eigenvalue weighted by molar-refractivity contribution is -0.142. The average Bonchev–Trinajstić information content (AvgIpc) is 3.38. The third-order valence-corrected chi connectivity index (χ3v) is 6.23. The van der Waals surface area contributed by atoms with Crippen LogP contribution in [0.4, 0.5) is 5.82 Å². The van der Waals surface area contributed by atoms with E-state index in [1.165, 1.54) is 11.8 Å². The Hall–Kier alpha value is -3.28. The SMILES string of the molecule is CC(=O)O.CCc1cc2c(N3CCn4c(C)nnc4C3)nc(OCC(C)COC(C)=O)nc2s1. The molecule has 3 aromatic rings. The lowest BCUT2D eigenvalue weighted by atomic mass is 10.2. The zero-order valence-corrected chi connectivity index (χ0v) is 20.9. The third-order valence-electron chi connectivity index (χ3n) is 5.06. The summed E-state index contributed by atoms with van der Waals surface area (Å²) in [5, 5.41) is 17.0. The molecule has 4 rings (SSSR count). The van der Waals surface area contributed by atoms with Crippen LogP contribution in [-0.2, 0) is 33.8 Å². The number of aryl methyl sites for hydroxylation is 2. The lowest BCUT2D eigenvalue weighted by Gasteiger charge is -2.29. The second-order valence-corrected chi connectivity index (χ2v) is 9.20. The summed E-state index contributed by atoms with van der Waals surface area (Å²) >= 11 is 1.67. The molecule has 1 atom stereocenters. The molecule has 0 amide bonds. The van der Waals surface area contributed by atoms with E-state index in [0.717, 1.165) is 54.1 Å². The molecule has 1 N–H and O–H groups in total. The van der Waals surface area contributed by atoms with Gasteiger partial charge < -0.3 is 24.0 Å². The number of aliphatic carboxylic acids is 1. The van der Waals surface area contributed by atoms with Crippen LogP contribution in [0.3, 0.4) is 0 Å². The summed E-state index contributed by atoms with van der Waals surface area (Å²) in [6, 6.07) is 2.52. The topological polar surface area (TPSA) is 133 Å². The molecule has 0 saturated heterocycles. The number of anilines is 1. The van der Waals surface area contributed by atoms with Crippen LogP contribution in [0, 0.1) is 12.8 Å². The molecular formula is C22H30N6O5S. The quantitative estimate of drug-likeness (QED) is 0.493. The van der Waals surface area contributed by atoms with E-state index in [4.69, 9.17) is 24.4 Å². The fraction of sp³-hybridized carbons (Fsp3) is 0.545. The molecule has 0 aromatic carbocycles. The number of rotatable bonds is 7. The molecule has 12 heteroatoms. The molecule has 0 saturated carbocycles. The van der Waals surface area contributed by atoms with Crippen molar-refractivity contribution < 1.29 is 24.2 Å². The van der Waals surface area contributed by atoms with Gasteiger partial charge in [-0.15, -0.1) is 21.5 Å². The zero-order valence-electron chi connectivity index (χ0n) is 20.1. The van der Waals surface area contributed by atoms with Gasteiger partial charge in [-0.3, -0.25) is 9.59 Å². The first-order valence-corrected chi connectivity index (χ1v) is 11.9. The van der Waals surface area contributed by atoms with Gasteiger partial charge >= 0.3 is 12.0 Å². The van der Waals surface area contributed by atoms with E-state index in [9.17, 15) is 4.79 Å². The van der Waals surface area contributed by atoms with Gasteiger partial charge in [0.1, 0.15) is 16.5 Å². The molecule has 1 aliphatic heterocycles. The van der Waals surface area contributed by atoms with E-state index >= 15 is 0 Å². The van der Waals surface area contributed by atoms with Crippen molar-refractivity contribution >= 4 is 39.3 Å². The van der Waals surface area contributed by atoms with E-state index < -0.39 is 5.97 Å². The van der Waals surface area contributed by atoms with Gasteiger partial charge in [0.2, 0.25) is 0 Å². The molecule has 1 unspecified atom stereocenters. The molecule has 0 fully saturated rings. The van der Waals surface area contributed by atoms with Crippen molar-refractivity contribution in [2.75, 3.05) is 24.7 Å². The number of hydrogen-bond donors (Lipinski definition) is 1. The predicted octanol–water partition coefficient (Wildman–Crippen LogP) is 2.84. The second-order valence-electron chi connectivity index (χ2n) is 8.09. The van der Waals surface area contributed by atoms with E-state index in [1.54, 1.807) is 11.3 Å². The van der Waals surface area contributed by atoms with Crippen molar-refractivity contribution in [2.45, 2.75) is 54.1 Å². The lowest BCUT2D eigenvalue weighted by Crippen LogP contribution is -2.35. The average molecular weight is 491 g/mol. The van der Waals surface area contributed by atoms with Gasteiger partial charge in [0.05, 0.1) is 25.1 Å². The second kappa shape index (κ2) is 11.2. The summed E-state index contributed by atoms with van der Waals surface area (Å²) in [5.74, 6) is 1.66. The van der Waals surface area contributed by atoms with Crippen LogP contribution in [-0.4, -0.2) is 61.5 Å². The monoisotopic (exact) mass is 490 g/mol. The maximum absolute atomic E-state index is 11.0. The Kier molecular flexibility index (Phi) is 8.37. The number of esters is 1. The summed E-state index contributed by atoms with van der Waals surface area (Å²) in [7, 11) is 0. The Morgan fingerprint density at radius 3 is 2.62 bits per heavy atom. The van der Waals surface area contributed by atoms with Crippen molar-refractivity contribution in [3.8, 4) is 6.01 Å². The molecule has 1 aliphatic rings. The maximum atomic E-state index is 11.0. The van der Waals surface area contributed by atoms with Crippen LogP contribution >= 0.6 is 11.3 Å². The number of ether oxygens (including phenoxy) is 2. The summed E-state index contributed by atoms with van der Waals surface area (Å²) in [6.07, 6.45) is 0.948. The standard InChI is InChI=1S/C20H26N6O3S.C2H4O2/c1-5-15-8-16-18(25-6-7-26-13(3)23-24-17(26)9-25)21-20(22-19(16)30-15)29-11-12(2)10-28-14(4)27;1-2(3)4/h8,12H,5-7,9-11H2,1-4H3;1H3,(H,3,4). The van der Waals surface area contributed by atoms with Crippen LogP contribution in [0.1, 0.15) is 44.2 Å².